The van der Waals surface area contributed by atoms with E-state index in [2.05, 4.69) is 4.74 Å². The number of carbonyl (C=O) groups is 2. The van der Waals surface area contributed by atoms with Gasteiger partial charge in [0.25, 0.3) is 0 Å². The number of ether oxygens (including phenoxy) is 4. The summed E-state index contributed by atoms with van der Waals surface area (Å²) < 4.78 is 56.7. The Hall–Kier alpha value is -2.65. The minimum atomic E-state index is -5.12. The molecule has 0 atom stereocenters. The first kappa shape index (κ1) is 18.4. The molecule has 0 spiro atoms. The molecule has 10 heteroatoms. The van der Waals surface area contributed by atoms with E-state index in [1.54, 1.807) is 5.32 Å². The van der Waals surface area contributed by atoms with E-state index < -0.39 is 23.7 Å². The maximum absolute atomic E-state index is 12.4. The van der Waals surface area contributed by atoms with Crippen molar-refractivity contribution in [3.63, 3.8) is 0 Å². The van der Waals surface area contributed by atoms with Crippen LogP contribution in [0.1, 0.15) is 10.4 Å². The van der Waals surface area contributed by atoms with Crippen molar-refractivity contribution in [2.75, 3.05) is 33.8 Å². The Morgan fingerprint density at radius 1 is 1.00 bits per heavy atom. The lowest BCUT2D eigenvalue weighted by Crippen LogP contribution is -2.30. The summed E-state index contributed by atoms with van der Waals surface area (Å²) in [5.41, 5.74) is -0.748. The predicted molar refractivity (Wildman–Crippen MR) is 72.1 cm³/mol. The molecule has 1 aromatic rings. The Kier molecular flexibility index (Phi) is 5.66. The van der Waals surface area contributed by atoms with Crippen LogP contribution in [-0.2, 0) is 9.53 Å². The molecule has 0 aromatic heterocycles. The van der Waals surface area contributed by atoms with Crippen molar-refractivity contribution >= 4 is 17.6 Å². The highest BCUT2D eigenvalue weighted by atomic mass is 19.4. The third kappa shape index (κ3) is 3.76. The highest BCUT2D eigenvalue weighted by Crippen LogP contribution is 2.43. The first-order chi connectivity index (χ1) is 10.7. The third-order valence-corrected chi connectivity index (χ3v) is 2.72. The summed E-state index contributed by atoms with van der Waals surface area (Å²) in [6, 6.07) is 1.04. The van der Waals surface area contributed by atoms with Gasteiger partial charge in [-0.2, -0.15) is 13.2 Å². The first-order valence-electron chi connectivity index (χ1n) is 6.00. The van der Waals surface area contributed by atoms with Gasteiger partial charge in [-0.1, -0.05) is 0 Å². The summed E-state index contributed by atoms with van der Waals surface area (Å²) in [7, 11) is 4.60. The molecule has 0 saturated carbocycles. The minimum Gasteiger partial charge on any atom is -0.494 e. The van der Waals surface area contributed by atoms with Crippen molar-refractivity contribution in [1.29, 1.82) is 0 Å². The second kappa shape index (κ2) is 7.07. The molecule has 0 heterocycles. The number of esters is 1. The molecule has 0 aliphatic rings. The SMILES string of the molecule is COC(=O)c1c(OC)c(NC(=O)C(F)(F)F)cc(OC)c1OC. The molecular formula is C13H14F3NO6. The molecule has 0 bridgehead atoms. The second-order valence-electron chi connectivity index (χ2n) is 4.01. The number of alkyl halides is 3. The number of hydrogen-bond donors (Lipinski definition) is 1. The standard InChI is InChI=1S/C13H14F3NO6/c1-20-7-5-6(17-12(19)13(14,15)16)9(21-2)8(10(7)22-3)11(18)23-4/h5H,1-4H3,(H,17,19). The molecular weight excluding hydrogens is 323 g/mol. The number of amides is 1. The molecule has 128 valence electrons. The summed E-state index contributed by atoms with van der Waals surface area (Å²) in [4.78, 5) is 23.0. The van der Waals surface area contributed by atoms with Crippen LogP contribution in [0.5, 0.6) is 17.2 Å². The largest absolute Gasteiger partial charge is 0.494 e. The monoisotopic (exact) mass is 337 g/mol. The van der Waals surface area contributed by atoms with Gasteiger partial charge >= 0.3 is 18.1 Å². The Morgan fingerprint density at radius 2 is 1.57 bits per heavy atom. The quantitative estimate of drug-likeness (QED) is 0.828. The van der Waals surface area contributed by atoms with E-state index in [0.717, 1.165) is 20.3 Å². The number of rotatable bonds is 5. The van der Waals surface area contributed by atoms with Gasteiger partial charge in [0.2, 0.25) is 0 Å². The average molecular weight is 337 g/mol. The van der Waals surface area contributed by atoms with Gasteiger partial charge < -0.3 is 24.3 Å². The van der Waals surface area contributed by atoms with Gasteiger partial charge in [-0.3, -0.25) is 4.79 Å². The molecule has 1 N–H and O–H groups in total. The topological polar surface area (TPSA) is 83.1 Å². The Morgan fingerprint density at radius 3 is 1.96 bits per heavy atom. The van der Waals surface area contributed by atoms with E-state index >= 15 is 0 Å². The zero-order valence-electron chi connectivity index (χ0n) is 12.7. The van der Waals surface area contributed by atoms with Gasteiger partial charge in [0.05, 0.1) is 34.1 Å². The molecule has 0 saturated heterocycles. The molecule has 0 aliphatic carbocycles. The molecule has 23 heavy (non-hydrogen) atoms. The van der Waals surface area contributed by atoms with Crippen LogP contribution in [0.4, 0.5) is 18.9 Å². The zero-order chi connectivity index (χ0) is 17.8. The average Bonchev–Trinajstić information content (AvgIpc) is 2.51. The summed E-state index contributed by atoms with van der Waals surface area (Å²) >= 11 is 0. The van der Waals surface area contributed by atoms with Gasteiger partial charge in [0.1, 0.15) is 5.56 Å². The van der Waals surface area contributed by atoms with E-state index in [1.165, 1.54) is 14.2 Å². The summed E-state index contributed by atoms with van der Waals surface area (Å²) in [5.74, 6) is -3.74. The zero-order valence-corrected chi connectivity index (χ0v) is 12.7. The second-order valence-corrected chi connectivity index (χ2v) is 4.01. The van der Waals surface area contributed by atoms with Crippen LogP contribution >= 0.6 is 0 Å². The number of halogens is 3. The van der Waals surface area contributed by atoms with E-state index in [4.69, 9.17) is 14.2 Å². The predicted octanol–water partition coefficient (Wildman–Crippen LogP) is 2.00. The van der Waals surface area contributed by atoms with Crippen molar-refractivity contribution in [3.05, 3.63) is 11.6 Å². The molecule has 1 aromatic carbocycles. The fourth-order valence-corrected chi connectivity index (χ4v) is 1.76. The van der Waals surface area contributed by atoms with Gasteiger partial charge in [0.15, 0.2) is 17.2 Å². The highest BCUT2D eigenvalue weighted by molar-refractivity contribution is 6.03. The number of anilines is 1. The number of nitrogens with one attached hydrogen (secondary N) is 1. The van der Waals surface area contributed by atoms with Crippen LogP contribution < -0.4 is 19.5 Å². The Balaban J connectivity index is 3.58. The number of methoxy groups -OCH3 is 4. The van der Waals surface area contributed by atoms with E-state index in [0.29, 0.717) is 0 Å². The normalized spacial score (nSPS) is 10.7. The lowest BCUT2D eigenvalue weighted by molar-refractivity contribution is -0.167. The smallest absolute Gasteiger partial charge is 0.471 e. The van der Waals surface area contributed by atoms with E-state index in [1.807, 2.05) is 0 Å². The molecule has 1 rings (SSSR count). The van der Waals surface area contributed by atoms with Gasteiger partial charge in [-0.15, -0.1) is 0 Å². The van der Waals surface area contributed by atoms with Crippen molar-refractivity contribution < 1.29 is 41.7 Å². The van der Waals surface area contributed by atoms with Crippen LogP contribution in [0.2, 0.25) is 0 Å². The van der Waals surface area contributed by atoms with Crippen LogP contribution in [0.15, 0.2) is 6.07 Å². The van der Waals surface area contributed by atoms with Gasteiger partial charge in [-0.05, 0) is 0 Å². The molecule has 0 aliphatic heterocycles. The Labute approximate surface area is 129 Å². The molecule has 1 amide bonds. The van der Waals surface area contributed by atoms with Crippen molar-refractivity contribution in [1.82, 2.24) is 0 Å². The van der Waals surface area contributed by atoms with Crippen LogP contribution in [0, 0.1) is 0 Å². The highest BCUT2D eigenvalue weighted by Gasteiger charge is 2.40. The molecule has 0 radical (unpaired) electrons. The van der Waals surface area contributed by atoms with Crippen LogP contribution in [-0.4, -0.2) is 46.5 Å². The molecule has 7 nitrogen and oxygen atoms in total. The van der Waals surface area contributed by atoms with Crippen LogP contribution in [0.25, 0.3) is 0 Å². The maximum atomic E-state index is 12.4. The van der Waals surface area contributed by atoms with E-state index in [-0.39, 0.29) is 22.8 Å². The molecule has 0 unspecified atom stereocenters. The van der Waals surface area contributed by atoms with Crippen molar-refractivity contribution in [3.8, 4) is 17.2 Å². The lowest BCUT2D eigenvalue weighted by Gasteiger charge is -2.19. The van der Waals surface area contributed by atoms with Gasteiger partial charge in [0, 0.05) is 6.07 Å². The first-order valence-corrected chi connectivity index (χ1v) is 6.00. The number of benzene rings is 1. The van der Waals surface area contributed by atoms with Gasteiger partial charge in [-0.25, -0.2) is 4.79 Å². The summed E-state index contributed by atoms with van der Waals surface area (Å²) in [5, 5.41) is 1.61. The van der Waals surface area contributed by atoms with Crippen LogP contribution in [0.3, 0.4) is 0 Å². The maximum Gasteiger partial charge on any atom is 0.471 e. The summed E-state index contributed by atoms with van der Waals surface area (Å²) in [6.07, 6.45) is -5.12. The fraction of sp³-hybridized carbons (Fsp3) is 0.385. The lowest BCUT2D eigenvalue weighted by atomic mass is 10.1. The third-order valence-electron chi connectivity index (χ3n) is 2.72. The van der Waals surface area contributed by atoms with Crippen molar-refractivity contribution in [2.45, 2.75) is 6.18 Å². The fourth-order valence-electron chi connectivity index (χ4n) is 1.76. The van der Waals surface area contributed by atoms with Crippen molar-refractivity contribution in [2.24, 2.45) is 0 Å². The minimum absolute atomic E-state index is 0.0915. The van der Waals surface area contributed by atoms with E-state index in [9.17, 15) is 22.8 Å². The number of hydrogen-bond acceptors (Lipinski definition) is 6. The number of carbonyl (C=O) groups excluding carboxylic acids is 2. The molecule has 0 fully saturated rings. The Bertz CT molecular complexity index is 615. The summed E-state index contributed by atoms with van der Waals surface area (Å²) in [6.45, 7) is 0.